The van der Waals surface area contributed by atoms with E-state index < -0.39 is 6.10 Å². The molecule has 2 unspecified atom stereocenters. The standard InChI is InChI=1S/C17H22FNO2S/c1-12(19-10-9-15(20)11-21-2)16-7-8-17(22-16)13-3-5-14(18)6-4-13/h3-8,12,15,19-20H,9-11H2,1-2H3. The molecule has 0 amide bonds. The number of ether oxygens (including phenoxy) is 1. The fraction of sp³-hybridized carbons (Fsp3) is 0.412. The van der Waals surface area contributed by atoms with Gasteiger partial charge in [0.2, 0.25) is 0 Å². The van der Waals surface area contributed by atoms with E-state index >= 15 is 0 Å². The number of benzene rings is 1. The molecule has 2 aromatic rings. The van der Waals surface area contributed by atoms with Crippen LogP contribution >= 0.6 is 11.3 Å². The van der Waals surface area contributed by atoms with Gasteiger partial charge in [-0.05, 0) is 49.7 Å². The maximum Gasteiger partial charge on any atom is 0.123 e. The van der Waals surface area contributed by atoms with Gasteiger partial charge in [0.05, 0.1) is 12.7 Å². The molecule has 0 fully saturated rings. The molecular formula is C17H22FNO2S. The number of aliphatic hydroxyl groups excluding tert-OH is 1. The highest BCUT2D eigenvalue weighted by Gasteiger charge is 2.10. The number of halogens is 1. The monoisotopic (exact) mass is 323 g/mol. The molecule has 0 saturated heterocycles. The zero-order valence-electron chi connectivity index (χ0n) is 12.9. The second-order valence-electron chi connectivity index (χ2n) is 5.28. The van der Waals surface area contributed by atoms with Gasteiger partial charge >= 0.3 is 0 Å². The molecule has 1 aromatic carbocycles. The minimum Gasteiger partial charge on any atom is -0.391 e. The highest BCUT2D eigenvalue weighted by Crippen LogP contribution is 2.31. The fourth-order valence-electron chi connectivity index (χ4n) is 2.20. The molecule has 5 heteroatoms. The van der Waals surface area contributed by atoms with Gasteiger partial charge in [-0.15, -0.1) is 11.3 Å². The van der Waals surface area contributed by atoms with Crippen LogP contribution in [-0.4, -0.2) is 31.5 Å². The van der Waals surface area contributed by atoms with Gasteiger partial charge in [0.1, 0.15) is 5.82 Å². The van der Waals surface area contributed by atoms with Gasteiger partial charge in [0, 0.05) is 22.9 Å². The first-order valence-electron chi connectivity index (χ1n) is 7.36. The zero-order valence-corrected chi connectivity index (χ0v) is 13.7. The van der Waals surface area contributed by atoms with Gasteiger partial charge in [-0.3, -0.25) is 0 Å². The molecule has 3 nitrogen and oxygen atoms in total. The summed E-state index contributed by atoms with van der Waals surface area (Å²) in [5, 5.41) is 13.0. The van der Waals surface area contributed by atoms with E-state index in [0.717, 1.165) is 17.0 Å². The van der Waals surface area contributed by atoms with Gasteiger partial charge < -0.3 is 15.2 Å². The Hall–Kier alpha value is -1.27. The zero-order chi connectivity index (χ0) is 15.9. The van der Waals surface area contributed by atoms with Gasteiger partial charge in [0.25, 0.3) is 0 Å². The Morgan fingerprint density at radius 2 is 1.95 bits per heavy atom. The summed E-state index contributed by atoms with van der Waals surface area (Å²) in [6.45, 7) is 3.20. The quantitative estimate of drug-likeness (QED) is 0.780. The van der Waals surface area contributed by atoms with Gasteiger partial charge in [-0.25, -0.2) is 4.39 Å². The van der Waals surface area contributed by atoms with Crippen molar-refractivity contribution in [2.24, 2.45) is 0 Å². The molecule has 1 heterocycles. The summed E-state index contributed by atoms with van der Waals surface area (Å²) < 4.78 is 17.9. The summed E-state index contributed by atoms with van der Waals surface area (Å²) in [4.78, 5) is 2.35. The lowest BCUT2D eigenvalue weighted by Gasteiger charge is -2.14. The lowest BCUT2D eigenvalue weighted by molar-refractivity contribution is 0.0591. The van der Waals surface area contributed by atoms with Crippen LogP contribution < -0.4 is 5.32 Å². The lowest BCUT2D eigenvalue weighted by atomic mass is 10.2. The summed E-state index contributed by atoms with van der Waals surface area (Å²) in [6, 6.07) is 10.9. The Kier molecular flexibility index (Phi) is 6.51. The number of nitrogens with one attached hydrogen (secondary N) is 1. The number of aliphatic hydroxyl groups is 1. The van der Waals surface area contributed by atoms with Crippen molar-refractivity contribution in [3.8, 4) is 10.4 Å². The minimum absolute atomic E-state index is 0.217. The second kappa shape index (κ2) is 8.39. The van der Waals surface area contributed by atoms with Crippen LogP contribution in [0.1, 0.15) is 24.3 Å². The number of rotatable bonds is 8. The molecular weight excluding hydrogens is 301 g/mol. The first-order chi connectivity index (χ1) is 10.6. The van der Waals surface area contributed by atoms with E-state index in [0.29, 0.717) is 13.0 Å². The maximum atomic E-state index is 13.0. The van der Waals surface area contributed by atoms with Gasteiger partial charge in [0.15, 0.2) is 0 Å². The van der Waals surface area contributed by atoms with E-state index in [-0.39, 0.29) is 11.9 Å². The van der Waals surface area contributed by atoms with Crippen LogP contribution in [0.2, 0.25) is 0 Å². The molecule has 1 aromatic heterocycles. The molecule has 0 aliphatic carbocycles. The molecule has 120 valence electrons. The molecule has 0 aliphatic heterocycles. The Morgan fingerprint density at radius 3 is 2.64 bits per heavy atom. The Balaban J connectivity index is 1.89. The molecule has 0 aliphatic rings. The molecule has 22 heavy (non-hydrogen) atoms. The van der Waals surface area contributed by atoms with Crippen molar-refractivity contribution in [3.63, 3.8) is 0 Å². The van der Waals surface area contributed by atoms with Gasteiger partial charge in [-0.1, -0.05) is 12.1 Å². The van der Waals surface area contributed by atoms with Crippen LogP contribution in [0.5, 0.6) is 0 Å². The number of thiophene rings is 1. The topological polar surface area (TPSA) is 41.5 Å². The maximum absolute atomic E-state index is 13.0. The van der Waals surface area contributed by atoms with Crippen LogP contribution in [0, 0.1) is 5.82 Å². The van der Waals surface area contributed by atoms with Crippen molar-refractivity contribution < 1.29 is 14.2 Å². The van der Waals surface area contributed by atoms with Crippen molar-refractivity contribution in [2.45, 2.75) is 25.5 Å². The number of hydrogen-bond acceptors (Lipinski definition) is 4. The predicted molar refractivity (Wildman–Crippen MR) is 88.6 cm³/mol. The molecule has 0 spiro atoms. The van der Waals surface area contributed by atoms with Crippen LogP contribution in [-0.2, 0) is 4.74 Å². The summed E-state index contributed by atoms with van der Waals surface area (Å²) >= 11 is 1.70. The van der Waals surface area contributed by atoms with E-state index in [9.17, 15) is 9.50 Å². The smallest absolute Gasteiger partial charge is 0.123 e. The fourth-order valence-corrected chi connectivity index (χ4v) is 3.24. The largest absolute Gasteiger partial charge is 0.391 e. The normalized spacial score (nSPS) is 14.0. The molecule has 2 N–H and O–H groups in total. The van der Waals surface area contributed by atoms with Crippen molar-refractivity contribution in [3.05, 3.63) is 47.1 Å². The molecule has 0 saturated carbocycles. The van der Waals surface area contributed by atoms with E-state index in [1.165, 1.54) is 17.0 Å². The Morgan fingerprint density at radius 1 is 1.23 bits per heavy atom. The SMILES string of the molecule is COCC(O)CCNC(C)c1ccc(-c2ccc(F)cc2)s1. The third kappa shape index (κ3) is 4.88. The Labute approximate surface area is 134 Å². The number of methoxy groups -OCH3 is 1. The summed E-state index contributed by atoms with van der Waals surface area (Å²) in [6.07, 6.45) is 0.233. The molecule has 2 rings (SSSR count). The first-order valence-corrected chi connectivity index (χ1v) is 8.18. The highest BCUT2D eigenvalue weighted by atomic mass is 32.1. The van der Waals surface area contributed by atoms with E-state index in [1.807, 2.05) is 0 Å². The second-order valence-corrected chi connectivity index (χ2v) is 6.40. The Bertz CT molecular complexity index is 570. The van der Waals surface area contributed by atoms with Crippen LogP contribution in [0.25, 0.3) is 10.4 Å². The van der Waals surface area contributed by atoms with E-state index in [1.54, 1.807) is 30.6 Å². The number of hydrogen-bond donors (Lipinski definition) is 2. The third-order valence-corrected chi connectivity index (χ3v) is 4.79. The van der Waals surface area contributed by atoms with Crippen molar-refractivity contribution in [1.82, 2.24) is 5.32 Å². The predicted octanol–water partition coefficient (Wildman–Crippen LogP) is 3.60. The average Bonchev–Trinajstić information content (AvgIpc) is 2.98. The molecule has 2 atom stereocenters. The van der Waals surface area contributed by atoms with E-state index in [2.05, 4.69) is 24.4 Å². The molecule has 0 bridgehead atoms. The highest BCUT2D eigenvalue weighted by molar-refractivity contribution is 7.15. The summed E-state index contributed by atoms with van der Waals surface area (Å²) in [5.41, 5.74) is 1.03. The van der Waals surface area contributed by atoms with Gasteiger partial charge in [-0.2, -0.15) is 0 Å². The third-order valence-electron chi connectivity index (χ3n) is 3.47. The minimum atomic E-state index is -0.428. The van der Waals surface area contributed by atoms with Crippen LogP contribution in [0.4, 0.5) is 4.39 Å². The van der Waals surface area contributed by atoms with Crippen molar-refractivity contribution in [2.75, 3.05) is 20.3 Å². The van der Waals surface area contributed by atoms with E-state index in [4.69, 9.17) is 4.74 Å². The van der Waals surface area contributed by atoms with Crippen LogP contribution in [0.15, 0.2) is 36.4 Å². The average molecular weight is 323 g/mol. The summed E-state index contributed by atoms with van der Waals surface area (Å²) in [7, 11) is 1.59. The van der Waals surface area contributed by atoms with Crippen molar-refractivity contribution >= 4 is 11.3 Å². The lowest BCUT2D eigenvalue weighted by Crippen LogP contribution is -2.25. The first kappa shape index (κ1) is 17.1. The summed E-state index contributed by atoms with van der Waals surface area (Å²) in [5.74, 6) is -0.217. The van der Waals surface area contributed by atoms with Crippen LogP contribution in [0.3, 0.4) is 0 Å². The van der Waals surface area contributed by atoms with Crippen molar-refractivity contribution in [1.29, 1.82) is 0 Å². The molecule has 0 radical (unpaired) electrons.